The summed E-state index contributed by atoms with van der Waals surface area (Å²) in [4.78, 5) is 11.4. The molecule has 1 aromatic rings. The fraction of sp³-hybridized carbons (Fsp3) is 0.429. The first kappa shape index (κ1) is 16.1. The quantitative estimate of drug-likeness (QED) is 0.588. The predicted molar refractivity (Wildman–Crippen MR) is 69.5 cm³/mol. The number of rotatable bonds is 6. The van der Waals surface area contributed by atoms with Crippen LogP contribution in [0.1, 0.15) is 43.4 Å². The summed E-state index contributed by atoms with van der Waals surface area (Å²) in [5.74, 6) is -4.82. The number of alkyl halides is 2. The normalized spacial score (nSPS) is 12.9. The molecule has 1 rings (SSSR count). The van der Waals surface area contributed by atoms with Gasteiger partial charge in [0.15, 0.2) is 5.69 Å². The molecule has 0 spiro atoms. The van der Waals surface area contributed by atoms with Gasteiger partial charge in [0.2, 0.25) is 5.76 Å². The maximum absolute atomic E-state index is 14.3. The Balaban J connectivity index is 3.09. The van der Waals surface area contributed by atoms with E-state index in [0.29, 0.717) is 6.42 Å². The lowest BCUT2D eigenvalue weighted by Crippen LogP contribution is -2.15. The molecule has 0 aliphatic rings. The second-order valence-corrected chi connectivity index (χ2v) is 3.94. The maximum atomic E-state index is 14.3. The average Bonchev–Trinajstić information content (AvgIpc) is 2.89. The summed E-state index contributed by atoms with van der Waals surface area (Å²) < 4.78 is 37.8. The minimum Gasteiger partial charge on any atom is -0.461 e. The van der Waals surface area contributed by atoms with Gasteiger partial charge in [0.1, 0.15) is 0 Å². The molecule has 0 bridgehead atoms. The van der Waals surface area contributed by atoms with Gasteiger partial charge in [-0.05, 0) is 20.3 Å². The van der Waals surface area contributed by atoms with Crippen LogP contribution in [0.5, 0.6) is 0 Å². The fourth-order valence-electron chi connectivity index (χ4n) is 1.57. The minimum atomic E-state index is -3.35. The van der Waals surface area contributed by atoms with E-state index in [-0.39, 0.29) is 17.9 Å². The van der Waals surface area contributed by atoms with Crippen LogP contribution in [0.25, 0.3) is 0 Å². The van der Waals surface area contributed by atoms with Gasteiger partial charge in [-0.3, -0.25) is 0 Å². The number of halogens is 2. The molecule has 0 aliphatic carbocycles. The third-order valence-electron chi connectivity index (χ3n) is 2.44. The second kappa shape index (κ2) is 6.98. The van der Waals surface area contributed by atoms with Crippen LogP contribution < -0.4 is 0 Å². The van der Waals surface area contributed by atoms with E-state index in [4.69, 9.17) is 0 Å². The SMILES string of the molecule is C/C=C\C(=C/CC)C(F)(F)c1cc(C(=O)OCC)no1. The van der Waals surface area contributed by atoms with Crippen molar-refractivity contribution in [2.75, 3.05) is 6.61 Å². The summed E-state index contributed by atoms with van der Waals surface area (Å²) in [5.41, 5.74) is -0.466. The van der Waals surface area contributed by atoms with E-state index >= 15 is 0 Å². The number of nitrogens with zero attached hydrogens (tertiary/aromatic N) is 1. The van der Waals surface area contributed by atoms with Gasteiger partial charge < -0.3 is 9.26 Å². The summed E-state index contributed by atoms with van der Waals surface area (Å²) >= 11 is 0. The summed E-state index contributed by atoms with van der Waals surface area (Å²) in [6.07, 6.45) is 4.66. The van der Waals surface area contributed by atoms with Crippen LogP contribution in [0.2, 0.25) is 0 Å². The van der Waals surface area contributed by atoms with Gasteiger partial charge in [0.25, 0.3) is 0 Å². The number of ether oxygens (including phenoxy) is 1. The molecule has 0 N–H and O–H groups in total. The predicted octanol–water partition coefficient (Wildman–Crippen LogP) is 3.86. The van der Waals surface area contributed by atoms with Gasteiger partial charge in [0, 0.05) is 11.6 Å². The minimum absolute atomic E-state index is 0.136. The van der Waals surface area contributed by atoms with E-state index in [1.807, 2.05) is 0 Å². The summed E-state index contributed by atoms with van der Waals surface area (Å²) in [5, 5.41) is 3.32. The smallest absolute Gasteiger partial charge is 0.360 e. The van der Waals surface area contributed by atoms with Crippen LogP contribution >= 0.6 is 0 Å². The van der Waals surface area contributed by atoms with Gasteiger partial charge in [-0.25, -0.2) is 4.79 Å². The largest absolute Gasteiger partial charge is 0.461 e. The van der Waals surface area contributed by atoms with Gasteiger partial charge in [-0.2, -0.15) is 8.78 Å². The van der Waals surface area contributed by atoms with Crippen molar-refractivity contribution in [3.63, 3.8) is 0 Å². The van der Waals surface area contributed by atoms with Crippen molar-refractivity contribution in [3.05, 3.63) is 41.3 Å². The highest BCUT2D eigenvalue weighted by molar-refractivity contribution is 5.87. The Hall–Kier alpha value is -1.98. The van der Waals surface area contributed by atoms with Crippen molar-refractivity contribution in [2.24, 2.45) is 0 Å². The fourth-order valence-corrected chi connectivity index (χ4v) is 1.57. The number of aromatic nitrogens is 1. The topological polar surface area (TPSA) is 52.3 Å². The lowest BCUT2D eigenvalue weighted by molar-refractivity contribution is 0.0118. The molecule has 6 heteroatoms. The molecule has 0 saturated carbocycles. The lowest BCUT2D eigenvalue weighted by Gasteiger charge is -2.14. The van der Waals surface area contributed by atoms with Gasteiger partial charge in [0.05, 0.1) is 6.61 Å². The molecule has 0 aliphatic heterocycles. The molecule has 1 aromatic heterocycles. The van der Waals surface area contributed by atoms with E-state index in [1.165, 1.54) is 18.2 Å². The average molecular weight is 285 g/mol. The molecule has 0 aromatic carbocycles. The third kappa shape index (κ3) is 3.53. The number of hydrogen-bond donors (Lipinski definition) is 0. The van der Waals surface area contributed by atoms with E-state index in [1.54, 1.807) is 20.8 Å². The van der Waals surface area contributed by atoms with Crippen LogP contribution in [0.15, 0.2) is 34.4 Å². The molecule has 0 fully saturated rings. The summed E-state index contributed by atoms with van der Waals surface area (Å²) in [6, 6.07) is 0.908. The molecule has 0 amide bonds. The first-order chi connectivity index (χ1) is 9.47. The van der Waals surface area contributed by atoms with Crippen LogP contribution in [0, 0.1) is 0 Å². The summed E-state index contributed by atoms with van der Waals surface area (Å²) in [7, 11) is 0. The number of esters is 1. The zero-order valence-electron chi connectivity index (χ0n) is 11.7. The standard InChI is InChI=1S/C14H17F2NO3/c1-4-7-10(8-5-2)14(15,16)12-9-11(17-20-12)13(18)19-6-3/h4,7-9H,5-6H2,1-3H3/b7-4-,10-8+. The van der Waals surface area contributed by atoms with Crippen LogP contribution in [0.4, 0.5) is 8.78 Å². The Bertz CT molecular complexity index is 518. The Morgan fingerprint density at radius 2 is 2.20 bits per heavy atom. The number of carbonyl (C=O) groups excluding carboxylic acids is 1. The molecule has 20 heavy (non-hydrogen) atoms. The van der Waals surface area contributed by atoms with Crippen molar-refractivity contribution in [2.45, 2.75) is 33.1 Å². The van der Waals surface area contributed by atoms with Crippen LogP contribution in [-0.4, -0.2) is 17.7 Å². The van der Waals surface area contributed by atoms with Crippen molar-refractivity contribution < 1.29 is 22.8 Å². The third-order valence-corrected chi connectivity index (χ3v) is 2.44. The Labute approximate surface area is 116 Å². The molecular formula is C14H17F2NO3. The molecule has 0 atom stereocenters. The Morgan fingerprint density at radius 1 is 1.50 bits per heavy atom. The van der Waals surface area contributed by atoms with Gasteiger partial charge in [-0.1, -0.05) is 30.3 Å². The van der Waals surface area contributed by atoms with Crippen molar-refractivity contribution in [3.8, 4) is 0 Å². The highest BCUT2D eigenvalue weighted by atomic mass is 19.3. The van der Waals surface area contributed by atoms with Gasteiger partial charge >= 0.3 is 11.9 Å². The Kier molecular flexibility index (Phi) is 5.61. The van der Waals surface area contributed by atoms with E-state index in [9.17, 15) is 13.6 Å². The highest BCUT2D eigenvalue weighted by Crippen LogP contribution is 2.37. The van der Waals surface area contributed by atoms with Crippen LogP contribution in [0.3, 0.4) is 0 Å². The van der Waals surface area contributed by atoms with Crippen LogP contribution in [-0.2, 0) is 10.7 Å². The first-order valence-corrected chi connectivity index (χ1v) is 6.32. The van der Waals surface area contributed by atoms with Crippen molar-refractivity contribution in [1.29, 1.82) is 0 Å². The maximum Gasteiger partial charge on any atom is 0.360 e. The monoisotopic (exact) mass is 285 g/mol. The van der Waals surface area contributed by atoms with Crippen molar-refractivity contribution >= 4 is 5.97 Å². The number of allylic oxidation sites excluding steroid dienone is 4. The first-order valence-electron chi connectivity index (χ1n) is 6.32. The molecule has 0 saturated heterocycles. The summed E-state index contributed by atoms with van der Waals surface area (Å²) in [6.45, 7) is 5.15. The van der Waals surface area contributed by atoms with E-state index < -0.39 is 17.7 Å². The zero-order chi connectivity index (χ0) is 15.2. The Morgan fingerprint density at radius 3 is 2.75 bits per heavy atom. The second-order valence-electron chi connectivity index (χ2n) is 3.94. The molecule has 0 unspecified atom stereocenters. The van der Waals surface area contributed by atoms with Gasteiger partial charge in [-0.15, -0.1) is 0 Å². The number of hydrogen-bond acceptors (Lipinski definition) is 4. The lowest BCUT2D eigenvalue weighted by atomic mass is 10.0. The molecule has 4 nitrogen and oxygen atoms in total. The molecule has 0 radical (unpaired) electrons. The highest BCUT2D eigenvalue weighted by Gasteiger charge is 2.40. The van der Waals surface area contributed by atoms with E-state index in [0.717, 1.165) is 6.07 Å². The molecule has 110 valence electrons. The van der Waals surface area contributed by atoms with Crippen molar-refractivity contribution in [1.82, 2.24) is 5.16 Å². The molecular weight excluding hydrogens is 268 g/mol. The zero-order valence-corrected chi connectivity index (χ0v) is 11.7. The molecule has 1 heterocycles. The number of carbonyl (C=O) groups is 1. The van der Waals surface area contributed by atoms with E-state index in [2.05, 4.69) is 14.4 Å².